The second-order valence-electron chi connectivity index (χ2n) is 5.63. The highest BCUT2D eigenvalue weighted by Crippen LogP contribution is 2.21. The Balaban J connectivity index is 1.64. The van der Waals surface area contributed by atoms with Crippen molar-refractivity contribution in [2.45, 2.75) is 51.1 Å². The number of aromatic nitrogens is 3. The van der Waals surface area contributed by atoms with Gasteiger partial charge in [0.05, 0.1) is 6.54 Å². The Hall–Kier alpha value is -1.84. The SMILES string of the molecule is c1cc(Cn2cncn2)cc(NC2CCCCCC2)c1. The van der Waals surface area contributed by atoms with Gasteiger partial charge in [0.1, 0.15) is 12.7 Å². The van der Waals surface area contributed by atoms with Gasteiger partial charge in [-0.2, -0.15) is 5.10 Å². The average molecular weight is 270 g/mol. The lowest BCUT2D eigenvalue weighted by molar-refractivity contribution is 0.619. The molecule has 20 heavy (non-hydrogen) atoms. The first-order chi connectivity index (χ1) is 9.90. The van der Waals surface area contributed by atoms with Crippen LogP contribution in [-0.2, 0) is 6.54 Å². The van der Waals surface area contributed by atoms with Gasteiger partial charge >= 0.3 is 0 Å². The normalized spacial score (nSPS) is 16.8. The summed E-state index contributed by atoms with van der Waals surface area (Å²) < 4.78 is 1.85. The minimum atomic E-state index is 0.638. The van der Waals surface area contributed by atoms with E-state index in [1.165, 1.54) is 49.8 Å². The lowest BCUT2D eigenvalue weighted by atomic mass is 10.1. The van der Waals surface area contributed by atoms with E-state index in [1.807, 2.05) is 4.68 Å². The predicted octanol–water partition coefficient (Wildman–Crippen LogP) is 3.46. The van der Waals surface area contributed by atoms with E-state index < -0.39 is 0 Å². The van der Waals surface area contributed by atoms with Crippen molar-refractivity contribution in [2.75, 3.05) is 5.32 Å². The number of benzene rings is 1. The zero-order valence-corrected chi connectivity index (χ0v) is 11.8. The molecule has 2 aromatic rings. The summed E-state index contributed by atoms with van der Waals surface area (Å²) in [7, 11) is 0. The minimum Gasteiger partial charge on any atom is -0.382 e. The van der Waals surface area contributed by atoms with Gasteiger partial charge in [-0.25, -0.2) is 9.67 Å². The molecule has 0 bridgehead atoms. The van der Waals surface area contributed by atoms with Gasteiger partial charge in [-0.1, -0.05) is 37.8 Å². The fourth-order valence-corrected chi connectivity index (χ4v) is 2.92. The van der Waals surface area contributed by atoms with Crippen molar-refractivity contribution >= 4 is 5.69 Å². The molecule has 0 atom stereocenters. The molecular weight excluding hydrogens is 248 g/mol. The van der Waals surface area contributed by atoms with E-state index in [9.17, 15) is 0 Å². The molecule has 1 aliphatic rings. The molecule has 0 unspecified atom stereocenters. The van der Waals surface area contributed by atoms with Crippen LogP contribution < -0.4 is 5.32 Å². The maximum atomic E-state index is 4.15. The van der Waals surface area contributed by atoms with E-state index >= 15 is 0 Å². The van der Waals surface area contributed by atoms with Crippen LogP contribution in [0.25, 0.3) is 0 Å². The van der Waals surface area contributed by atoms with Gasteiger partial charge < -0.3 is 5.32 Å². The van der Waals surface area contributed by atoms with Gasteiger partial charge in [0, 0.05) is 11.7 Å². The summed E-state index contributed by atoms with van der Waals surface area (Å²) in [6.07, 6.45) is 11.4. The minimum absolute atomic E-state index is 0.638. The average Bonchev–Trinajstić information content (AvgIpc) is 2.82. The van der Waals surface area contributed by atoms with Crippen molar-refractivity contribution < 1.29 is 0 Å². The highest BCUT2D eigenvalue weighted by atomic mass is 15.3. The van der Waals surface area contributed by atoms with Crippen molar-refractivity contribution in [3.05, 3.63) is 42.5 Å². The summed E-state index contributed by atoms with van der Waals surface area (Å²) in [5, 5.41) is 7.85. The van der Waals surface area contributed by atoms with Crippen LogP contribution in [0.5, 0.6) is 0 Å². The standard InChI is InChI=1S/C16H22N4/c1-2-4-8-15(7-3-1)19-16-9-5-6-14(10-16)11-20-13-17-12-18-20/h5-6,9-10,12-13,15,19H,1-4,7-8,11H2. The first kappa shape index (κ1) is 13.2. The molecule has 1 aromatic carbocycles. The van der Waals surface area contributed by atoms with Crippen LogP contribution >= 0.6 is 0 Å². The summed E-state index contributed by atoms with van der Waals surface area (Å²) in [6.45, 7) is 0.778. The third kappa shape index (κ3) is 3.59. The fourth-order valence-electron chi connectivity index (χ4n) is 2.92. The molecule has 0 amide bonds. The number of hydrogen-bond donors (Lipinski definition) is 1. The van der Waals surface area contributed by atoms with Gasteiger partial charge in [-0.15, -0.1) is 0 Å². The molecule has 1 N–H and O–H groups in total. The zero-order valence-electron chi connectivity index (χ0n) is 11.8. The summed E-state index contributed by atoms with van der Waals surface area (Å²) in [5.74, 6) is 0. The summed E-state index contributed by atoms with van der Waals surface area (Å²) in [5.41, 5.74) is 2.49. The molecule has 3 rings (SSSR count). The van der Waals surface area contributed by atoms with E-state index in [-0.39, 0.29) is 0 Å². The lowest BCUT2D eigenvalue weighted by Crippen LogP contribution is -2.18. The predicted molar refractivity (Wildman–Crippen MR) is 80.7 cm³/mol. The largest absolute Gasteiger partial charge is 0.382 e. The quantitative estimate of drug-likeness (QED) is 0.865. The maximum absolute atomic E-state index is 4.15. The fraction of sp³-hybridized carbons (Fsp3) is 0.500. The topological polar surface area (TPSA) is 42.7 Å². The highest BCUT2D eigenvalue weighted by Gasteiger charge is 2.11. The molecule has 1 saturated carbocycles. The molecular formula is C16H22N4. The molecule has 1 aliphatic carbocycles. The molecule has 4 heteroatoms. The van der Waals surface area contributed by atoms with Crippen LogP contribution in [0.1, 0.15) is 44.1 Å². The van der Waals surface area contributed by atoms with Crippen LogP contribution in [-0.4, -0.2) is 20.8 Å². The van der Waals surface area contributed by atoms with Gasteiger partial charge in [0.15, 0.2) is 0 Å². The van der Waals surface area contributed by atoms with Crippen LogP contribution in [0, 0.1) is 0 Å². The van der Waals surface area contributed by atoms with Crippen molar-refractivity contribution in [3.63, 3.8) is 0 Å². The molecule has 0 spiro atoms. The molecule has 1 heterocycles. The van der Waals surface area contributed by atoms with Gasteiger partial charge in [-0.3, -0.25) is 0 Å². The van der Waals surface area contributed by atoms with Crippen LogP contribution in [0.2, 0.25) is 0 Å². The first-order valence-electron chi connectivity index (χ1n) is 7.58. The van der Waals surface area contributed by atoms with Gasteiger partial charge in [0.25, 0.3) is 0 Å². The first-order valence-corrected chi connectivity index (χ1v) is 7.58. The second-order valence-corrected chi connectivity index (χ2v) is 5.63. The Morgan fingerprint density at radius 3 is 2.75 bits per heavy atom. The molecule has 1 aromatic heterocycles. The Kier molecular flexibility index (Phi) is 4.31. The Bertz CT molecular complexity index is 513. The van der Waals surface area contributed by atoms with Crippen LogP contribution in [0.3, 0.4) is 0 Å². The third-order valence-corrected chi connectivity index (χ3v) is 3.96. The number of nitrogens with zero attached hydrogens (tertiary/aromatic N) is 3. The maximum Gasteiger partial charge on any atom is 0.137 e. The van der Waals surface area contributed by atoms with Gasteiger partial charge in [0.2, 0.25) is 0 Å². The number of rotatable bonds is 4. The molecule has 0 aliphatic heterocycles. The number of nitrogens with one attached hydrogen (secondary N) is 1. The van der Waals surface area contributed by atoms with E-state index in [1.54, 1.807) is 12.7 Å². The van der Waals surface area contributed by atoms with E-state index in [0.717, 1.165) is 6.54 Å². The summed E-state index contributed by atoms with van der Waals surface area (Å²) in [6, 6.07) is 9.28. The lowest BCUT2D eigenvalue weighted by Gasteiger charge is -2.18. The highest BCUT2D eigenvalue weighted by molar-refractivity contribution is 5.46. The second kappa shape index (κ2) is 6.55. The number of hydrogen-bond acceptors (Lipinski definition) is 3. The molecule has 106 valence electrons. The summed E-state index contributed by atoms with van der Waals surface area (Å²) >= 11 is 0. The third-order valence-electron chi connectivity index (χ3n) is 3.96. The number of anilines is 1. The van der Waals surface area contributed by atoms with Crippen molar-refractivity contribution in [2.24, 2.45) is 0 Å². The molecule has 0 radical (unpaired) electrons. The van der Waals surface area contributed by atoms with Crippen molar-refractivity contribution in [1.29, 1.82) is 0 Å². The van der Waals surface area contributed by atoms with E-state index in [0.29, 0.717) is 6.04 Å². The zero-order chi connectivity index (χ0) is 13.6. The van der Waals surface area contributed by atoms with Gasteiger partial charge in [-0.05, 0) is 30.5 Å². The van der Waals surface area contributed by atoms with Crippen molar-refractivity contribution in [1.82, 2.24) is 14.8 Å². The van der Waals surface area contributed by atoms with E-state index in [4.69, 9.17) is 0 Å². The monoisotopic (exact) mass is 270 g/mol. The Labute approximate surface area is 120 Å². The smallest absolute Gasteiger partial charge is 0.137 e. The van der Waals surface area contributed by atoms with E-state index in [2.05, 4.69) is 39.7 Å². The van der Waals surface area contributed by atoms with Crippen molar-refractivity contribution in [3.8, 4) is 0 Å². The summed E-state index contributed by atoms with van der Waals surface area (Å²) in [4.78, 5) is 3.98. The molecule has 1 fully saturated rings. The van der Waals surface area contributed by atoms with Crippen LogP contribution in [0.15, 0.2) is 36.9 Å². The molecule has 4 nitrogen and oxygen atoms in total. The Morgan fingerprint density at radius 1 is 1.15 bits per heavy atom. The molecule has 0 saturated heterocycles. The van der Waals surface area contributed by atoms with Crippen LogP contribution in [0.4, 0.5) is 5.69 Å². The Morgan fingerprint density at radius 2 is 2.00 bits per heavy atom.